The highest BCUT2D eigenvalue weighted by molar-refractivity contribution is 5.94. The Bertz CT molecular complexity index is 479. The Morgan fingerprint density at radius 1 is 1.26 bits per heavy atom. The molecule has 1 aromatic rings. The van der Waals surface area contributed by atoms with E-state index in [0.29, 0.717) is 18.9 Å². The predicted molar refractivity (Wildman–Crippen MR) is 59.5 cm³/mol. The van der Waals surface area contributed by atoms with Crippen LogP contribution < -0.4 is 5.32 Å². The van der Waals surface area contributed by atoms with Crippen molar-refractivity contribution in [3.8, 4) is 0 Å². The molecule has 0 saturated carbocycles. The normalized spacial score (nSPS) is 12.3. The molecule has 1 atom stereocenters. The van der Waals surface area contributed by atoms with Crippen LogP contribution in [-0.2, 0) is 0 Å². The third-order valence-electron chi connectivity index (χ3n) is 2.52. The summed E-state index contributed by atoms with van der Waals surface area (Å²) in [5.41, 5.74) is -0.896. The van der Waals surface area contributed by atoms with Crippen molar-refractivity contribution in [1.82, 2.24) is 5.32 Å². The lowest BCUT2D eigenvalue weighted by atomic mass is 10.1. The van der Waals surface area contributed by atoms with Gasteiger partial charge in [-0.2, -0.15) is 0 Å². The van der Waals surface area contributed by atoms with Crippen LogP contribution in [0.1, 0.15) is 30.1 Å². The second kappa shape index (κ2) is 6.51. The lowest BCUT2D eigenvalue weighted by Crippen LogP contribution is -2.33. The number of rotatable bonds is 5. The van der Waals surface area contributed by atoms with Crippen LogP contribution in [0.15, 0.2) is 6.07 Å². The molecule has 0 bridgehead atoms. The van der Waals surface area contributed by atoms with E-state index in [0.717, 1.165) is 0 Å². The third-order valence-corrected chi connectivity index (χ3v) is 2.52. The van der Waals surface area contributed by atoms with Crippen molar-refractivity contribution in [2.24, 2.45) is 0 Å². The van der Waals surface area contributed by atoms with Gasteiger partial charge >= 0.3 is 0 Å². The maximum atomic E-state index is 13.3. The summed E-state index contributed by atoms with van der Waals surface area (Å²) in [7, 11) is 0. The predicted octanol–water partition coefficient (Wildman–Crippen LogP) is 2.13. The number of hydrogen-bond donors (Lipinski definition) is 2. The Kier molecular flexibility index (Phi) is 5.29. The molecule has 1 unspecified atom stereocenters. The molecular formula is C12H13F4NO2. The Hall–Kier alpha value is -1.63. The summed E-state index contributed by atoms with van der Waals surface area (Å²) < 4.78 is 51.9. The largest absolute Gasteiger partial charge is 0.396 e. The monoisotopic (exact) mass is 279 g/mol. The van der Waals surface area contributed by atoms with Gasteiger partial charge in [0, 0.05) is 12.6 Å². The van der Waals surface area contributed by atoms with Crippen molar-refractivity contribution in [2.75, 3.05) is 6.61 Å². The van der Waals surface area contributed by atoms with E-state index in [1.807, 2.05) is 0 Å². The molecule has 0 saturated heterocycles. The van der Waals surface area contributed by atoms with Crippen LogP contribution in [-0.4, -0.2) is 23.7 Å². The van der Waals surface area contributed by atoms with Crippen LogP contribution in [0, 0.1) is 23.3 Å². The SMILES string of the molecule is CC(CCCO)NC(=O)c1cc(F)c(F)c(F)c1F. The van der Waals surface area contributed by atoms with Crippen molar-refractivity contribution in [3.05, 3.63) is 34.9 Å². The molecule has 0 aliphatic heterocycles. The highest BCUT2D eigenvalue weighted by Crippen LogP contribution is 2.18. The minimum absolute atomic E-state index is 0.0750. The van der Waals surface area contributed by atoms with Gasteiger partial charge in [-0.1, -0.05) is 0 Å². The zero-order chi connectivity index (χ0) is 14.6. The lowest BCUT2D eigenvalue weighted by molar-refractivity contribution is 0.0930. The maximum Gasteiger partial charge on any atom is 0.254 e. The molecule has 7 heteroatoms. The molecule has 0 radical (unpaired) electrons. The third kappa shape index (κ3) is 3.66. The van der Waals surface area contributed by atoms with Crippen molar-refractivity contribution in [1.29, 1.82) is 0 Å². The van der Waals surface area contributed by atoms with Gasteiger partial charge in [0.1, 0.15) is 0 Å². The zero-order valence-corrected chi connectivity index (χ0v) is 10.1. The molecule has 0 aliphatic carbocycles. The average molecular weight is 279 g/mol. The number of aliphatic hydroxyl groups excluding tert-OH is 1. The topological polar surface area (TPSA) is 49.3 Å². The van der Waals surface area contributed by atoms with E-state index in [1.54, 1.807) is 6.92 Å². The van der Waals surface area contributed by atoms with Crippen LogP contribution in [0.5, 0.6) is 0 Å². The average Bonchev–Trinajstić information content (AvgIpc) is 2.37. The van der Waals surface area contributed by atoms with Crippen LogP contribution in [0.2, 0.25) is 0 Å². The molecule has 1 aromatic carbocycles. The van der Waals surface area contributed by atoms with Gasteiger partial charge in [0.25, 0.3) is 5.91 Å². The van der Waals surface area contributed by atoms with E-state index in [2.05, 4.69) is 5.32 Å². The number of amides is 1. The quantitative estimate of drug-likeness (QED) is 0.493. The number of aliphatic hydroxyl groups is 1. The van der Waals surface area contributed by atoms with Gasteiger partial charge in [-0.3, -0.25) is 4.79 Å². The highest BCUT2D eigenvalue weighted by Gasteiger charge is 2.23. The standard InChI is InChI=1S/C12H13F4NO2/c1-6(3-2-4-18)17-12(19)7-5-8(13)10(15)11(16)9(7)14/h5-6,18H,2-4H2,1H3,(H,17,19). The van der Waals surface area contributed by atoms with E-state index >= 15 is 0 Å². The molecule has 19 heavy (non-hydrogen) atoms. The number of hydrogen-bond acceptors (Lipinski definition) is 2. The fourth-order valence-corrected chi connectivity index (χ4v) is 1.51. The maximum absolute atomic E-state index is 13.3. The van der Waals surface area contributed by atoms with Gasteiger partial charge in [-0.25, -0.2) is 17.6 Å². The Labute approximate surface area is 107 Å². The van der Waals surface area contributed by atoms with E-state index in [9.17, 15) is 22.4 Å². The molecular weight excluding hydrogens is 266 g/mol. The Morgan fingerprint density at radius 3 is 2.47 bits per heavy atom. The minimum Gasteiger partial charge on any atom is -0.396 e. The molecule has 3 nitrogen and oxygen atoms in total. The first-order chi connectivity index (χ1) is 8.88. The van der Waals surface area contributed by atoms with E-state index < -0.39 is 40.8 Å². The van der Waals surface area contributed by atoms with Crippen LogP contribution in [0.3, 0.4) is 0 Å². The van der Waals surface area contributed by atoms with Gasteiger partial charge in [-0.15, -0.1) is 0 Å². The second-order valence-electron chi connectivity index (χ2n) is 4.09. The van der Waals surface area contributed by atoms with E-state index in [1.165, 1.54) is 0 Å². The fraction of sp³-hybridized carbons (Fsp3) is 0.417. The summed E-state index contributed by atoms with van der Waals surface area (Å²) in [6.45, 7) is 1.51. The smallest absolute Gasteiger partial charge is 0.254 e. The summed E-state index contributed by atoms with van der Waals surface area (Å²) >= 11 is 0. The molecule has 0 fully saturated rings. The lowest BCUT2D eigenvalue weighted by Gasteiger charge is -2.14. The molecule has 0 heterocycles. The number of benzene rings is 1. The molecule has 0 aliphatic rings. The van der Waals surface area contributed by atoms with Crippen molar-refractivity contribution in [3.63, 3.8) is 0 Å². The Balaban J connectivity index is 2.89. The van der Waals surface area contributed by atoms with Gasteiger partial charge < -0.3 is 10.4 Å². The van der Waals surface area contributed by atoms with Crippen LogP contribution >= 0.6 is 0 Å². The first kappa shape index (κ1) is 15.4. The van der Waals surface area contributed by atoms with Gasteiger partial charge in [0.05, 0.1) is 5.56 Å². The van der Waals surface area contributed by atoms with Crippen molar-refractivity contribution >= 4 is 5.91 Å². The van der Waals surface area contributed by atoms with Crippen molar-refractivity contribution < 1.29 is 27.5 Å². The number of carbonyl (C=O) groups excluding carboxylic acids is 1. The van der Waals surface area contributed by atoms with Gasteiger partial charge in [0.2, 0.25) is 0 Å². The first-order valence-electron chi connectivity index (χ1n) is 5.63. The molecule has 1 amide bonds. The molecule has 0 aromatic heterocycles. The van der Waals surface area contributed by atoms with Crippen LogP contribution in [0.25, 0.3) is 0 Å². The summed E-state index contributed by atoms with van der Waals surface area (Å²) in [6.07, 6.45) is 0.825. The molecule has 106 valence electrons. The summed E-state index contributed by atoms with van der Waals surface area (Å²) in [4.78, 5) is 11.6. The second-order valence-corrected chi connectivity index (χ2v) is 4.09. The summed E-state index contributed by atoms with van der Waals surface area (Å²) in [5.74, 6) is -8.38. The molecule has 2 N–H and O–H groups in total. The van der Waals surface area contributed by atoms with Crippen LogP contribution in [0.4, 0.5) is 17.6 Å². The Morgan fingerprint density at radius 2 is 1.89 bits per heavy atom. The number of carbonyl (C=O) groups is 1. The molecule has 1 rings (SSSR count). The number of halogens is 4. The van der Waals surface area contributed by atoms with Gasteiger partial charge in [-0.05, 0) is 25.8 Å². The fourth-order valence-electron chi connectivity index (χ4n) is 1.51. The van der Waals surface area contributed by atoms with E-state index in [4.69, 9.17) is 5.11 Å². The minimum atomic E-state index is -2.02. The highest BCUT2D eigenvalue weighted by atomic mass is 19.2. The van der Waals surface area contributed by atoms with Crippen molar-refractivity contribution in [2.45, 2.75) is 25.8 Å². The summed E-state index contributed by atoms with van der Waals surface area (Å²) in [6, 6.07) is -0.114. The van der Waals surface area contributed by atoms with Gasteiger partial charge in [0.15, 0.2) is 23.3 Å². The first-order valence-corrected chi connectivity index (χ1v) is 5.63. The zero-order valence-electron chi connectivity index (χ0n) is 10.1. The van der Waals surface area contributed by atoms with E-state index in [-0.39, 0.29) is 6.61 Å². The summed E-state index contributed by atoms with van der Waals surface area (Å²) in [5, 5.41) is 10.9. The number of nitrogens with one attached hydrogen (secondary N) is 1. The molecule has 0 spiro atoms.